The Hall–Kier alpha value is -5.10. The second-order valence-corrected chi connectivity index (χ2v) is 11.6. The summed E-state index contributed by atoms with van der Waals surface area (Å²) < 4.78 is 37.7. The molecule has 48 heavy (non-hydrogen) atoms. The molecular formula is C42H43FO5. The lowest BCUT2D eigenvalue weighted by atomic mass is 9.94. The predicted molar refractivity (Wildman–Crippen MR) is 189 cm³/mol. The average Bonchev–Trinajstić information content (AvgIpc) is 3.12. The minimum atomic E-state index is -0.332. The van der Waals surface area contributed by atoms with Gasteiger partial charge in [0.25, 0.3) is 0 Å². The molecule has 0 atom stereocenters. The number of aryl methyl sites for hydroxylation is 1. The topological polar surface area (TPSA) is 54.0 Å². The molecule has 0 unspecified atom stereocenters. The quantitative estimate of drug-likeness (QED) is 0.0789. The van der Waals surface area contributed by atoms with Gasteiger partial charge in [0.2, 0.25) is 0 Å². The molecule has 0 fully saturated rings. The lowest BCUT2D eigenvalue weighted by Crippen LogP contribution is -2.09. The van der Waals surface area contributed by atoms with Crippen LogP contribution in [0.5, 0.6) is 17.2 Å². The van der Waals surface area contributed by atoms with E-state index in [4.69, 9.17) is 18.9 Å². The first kappa shape index (κ1) is 34.2. The molecule has 0 N–H and O–H groups in total. The number of methoxy groups -OCH3 is 1. The van der Waals surface area contributed by atoms with E-state index in [2.05, 4.69) is 26.0 Å². The third kappa shape index (κ3) is 8.82. The standard InChI is InChI=1S/C42H43FO5/c1-4-13-36-33(26-34-16-9-10-18-37(34)42(44)45-3)17-11-19-39(36)46-24-12-25-47-40-28-41(48-29-30-14-7-6-8-15-30)38(27-31(40)5-2)32-20-22-35(43)23-21-32/h6-11,14-23,27-28H,4-5,12-13,24-26,29H2,1-3H3. The third-order valence-corrected chi connectivity index (χ3v) is 8.27. The van der Waals surface area contributed by atoms with Crippen molar-refractivity contribution < 1.29 is 28.1 Å². The van der Waals surface area contributed by atoms with Gasteiger partial charge >= 0.3 is 5.97 Å². The smallest absolute Gasteiger partial charge is 0.338 e. The molecule has 5 aromatic rings. The normalized spacial score (nSPS) is 10.8. The van der Waals surface area contributed by atoms with E-state index in [0.29, 0.717) is 44.0 Å². The monoisotopic (exact) mass is 646 g/mol. The highest BCUT2D eigenvalue weighted by molar-refractivity contribution is 5.91. The summed E-state index contributed by atoms with van der Waals surface area (Å²) in [4.78, 5) is 12.4. The Bertz CT molecular complexity index is 1780. The first-order chi connectivity index (χ1) is 23.5. The highest BCUT2D eigenvalue weighted by Gasteiger charge is 2.16. The van der Waals surface area contributed by atoms with Crippen LogP contribution >= 0.6 is 0 Å². The zero-order valence-electron chi connectivity index (χ0n) is 28.0. The second-order valence-electron chi connectivity index (χ2n) is 11.6. The van der Waals surface area contributed by atoms with Gasteiger partial charge in [-0.3, -0.25) is 0 Å². The lowest BCUT2D eigenvalue weighted by Gasteiger charge is -2.18. The van der Waals surface area contributed by atoms with Crippen LogP contribution < -0.4 is 14.2 Å². The van der Waals surface area contributed by atoms with Gasteiger partial charge in [0.05, 0.1) is 25.9 Å². The van der Waals surface area contributed by atoms with E-state index < -0.39 is 0 Å². The van der Waals surface area contributed by atoms with E-state index in [1.54, 1.807) is 18.2 Å². The number of ether oxygens (including phenoxy) is 4. The summed E-state index contributed by atoms with van der Waals surface area (Å²) >= 11 is 0. The van der Waals surface area contributed by atoms with Crippen molar-refractivity contribution in [1.82, 2.24) is 0 Å². The van der Waals surface area contributed by atoms with Crippen molar-refractivity contribution in [1.29, 1.82) is 0 Å². The Morgan fingerprint density at radius 3 is 2.12 bits per heavy atom. The van der Waals surface area contributed by atoms with Gasteiger partial charge in [0.15, 0.2) is 0 Å². The molecule has 0 aliphatic carbocycles. The number of hydrogen-bond acceptors (Lipinski definition) is 5. The van der Waals surface area contributed by atoms with Crippen LogP contribution in [0.25, 0.3) is 11.1 Å². The molecule has 5 rings (SSSR count). The van der Waals surface area contributed by atoms with E-state index in [-0.39, 0.29) is 11.8 Å². The molecule has 5 aromatic carbocycles. The highest BCUT2D eigenvalue weighted by Crippen LogP contribution is 2.37. The van der Waals surface area contributed by atoms with Crippen molar-refractivity contribution in [3.05, 3.63) is 148 Å². The van der Waals surface area contributed by atoms with Gasteiger partial charge in [-0.1, -0.05) is 93.1 Å². The summed E-state index contributed by atoms with van der Waals surface area (Å²) in [6.07, 6.45) is 3.91. The lowest BCUT2D eigenvalue weighted by molar-refractivity contribution is 0.0599. The van der Waals surface area contributed by atoms with Gasteiger partial charge in [0.1, 0.15) is 29.7 Å². The van der Waals surface area contributed by atoms with Crippen molar-refractivity contribution in [2.75, 3.05) is 20.3 Å². The number of carbonyl (C=O) groups is 1. The van der Waals surface area contributed by atoms with Crippen molar-refractivity contribution in [2.24, 2.45) is 0 Å². The van der Waals surface area contributed by atoms with Crippen LogP contribution in [-0.4, -0.2) is 26.3 Å². The first-order valence-electron chi connectivity index (χ1n) is 16.6. The molecule has 248 valence electrons. The van der Waals surface area contributed by atoms with Crippen molar-refractivity contribution in [3.8, 4) is 28.4 Å². The second kappa shape index (κ2) is 17.2. The van der Waals surface area contributed by atoms with Crippen LogP contribution in [-0.2, 0) is 30.6 Å². The largest absolute Gasteiger partial charge is 0.493 e. The van der Waals surface area contributed by atoms with E-state index in [0.717, 1.165) is 69.7 Å². The number of halogens is 1. The Labute approximate surface area is 283 Å². The molecule has 0 aliphatic heterocycles. The maximum atomic E-state index is 13.7. The molecule has 5 nitrogen and oxygen atoms in total. The molecule has 0 aromatic heterocycles. The third-order valence-electron chi connectivity index (χ3n) is 8.27. The number of hydrogen-bond donors (Lipinski definition) is 0. The molecule has 0 amide bonds. The molecule has 0 spiro atoms. The number of esters is 1. The van der Waals surface area contributed by atoms with Crippen LogP contribution in [0.15, 0.2) is 109 Å². The minimum absolute atomic E-state index is 0.277. The van der Waals surface area contributed by atoms with Crippen molar-refractivity contribution in [2.45, 2.75) is 52.6 Å². The molecule has 0 saturated heterocycles. The fraction of sp³-hybridized carbons (Fsp3) is 0.262. The number of benzene rings is 5. The minimum Gasteiger partial charge on any atom is -0.493 e. The summed E-state index contributed by atoms with van der Waals surface area (Å²) in [7, 11) is 1.41. The Kier molecular flexibility index (Phi) is 12.2. The Morgan fingerprint density at radius 2 is 1.40 bits per heavy atom. The summed E-state index contributed by atoms with van der Waals surface area (Å²) in [6, 6.07) is 34.2. The summed E-state index contributed by atoms with van der Waals surface area (Å²) in [5.41, 5.74) is 7.69. The molecule has 0 aliphatic rings. The molecule has 0 heterocycles. The summed E-state index contributed by atoms with van der Waals surface area (Å²) in [5.74, 6) is 1.70. The van der Waals surface area contributed by atoms with Crippen LogP contribution in [0.1, 0.15) is 64.9 Å². The van der Waals surface area contributed by atoms with Gasteiger partial charge in [0, 0.05) is 18.1 Å². The predicted octanol–water partition coefficient (Wildman–Crippen LogP) is 9.81. The van der Waals surface area contributed by atoms with Gasteiger partial charge in [-0.05, 0) is 83.0 Å². The SMILES string of the molecule is CCCc1c(Cc2ccccc2C(=O)OC)cccc1OCCCOc1cc(OCc2ccccc2)c(-c2ccc(F)cc2)cc1CC. The average molecular weight is 647 g/mol. The van der Waals surface area contributed by atoms with Crippen LogP contribution in [0.4, 0.5) is 4.39 Å². The maximum Gasteiger partial charge on any atom is 0.338 e. The zero-order valence-corrected chi connectivity index (χ0v) is 28.0. The Morgan fingerprint density at radius 1 is 0.688 bits per heavy atom. The molecule has 0 radical (unpaired) electrons. The summed E-state index contributed by atoms with van der Waals surface area (Å²) in [6.45, 7) is 5.61. The van der Waals surface area contributed by atoms with Crippen LogP contribution in [0.2, 0.25) is 0 Å². The van der Waals surface area contributed by atoms with Gasteiger partial charge in [-0.15, -0.1) is 0 Å². The molecule has 0 saturated carbocycles. The van der Waals surface area contributed by atoms with Gasteiger partial charge < -0.3 is 18.9 Å². The number of rotatable bonds is 16. The van der Waals surface area contributed by atoms with E-state index in [9.17, 15) is 9.18 Å². The van der Waals surface area contributed by atoms with E-state index in [1.165, 1.54) is 19.2 Å². The zero-order chi connectivity index (χ0) is 33.7. The maximum absolute atomic E-state index is 13.7. The van der Waals surface area contributed by atoms with Crippen molar-refractivity contribution in [3.63, 3.8) is 0 Å². The highest BCUT2D eigenvalue weighted by atomic mass is 19.1. The summed E-state index contributed by atoms with van der Waals surface area (Å²) in [5, 5.41) is 0. The van der Waals surface area contributed by atoms with E-state index in [1.807, 2.05) is 66.7 Å². The molecule has 6 heteroatoms. The van der Waals surface area contributed by atoms with Crippen LogP contribution in [0.3, 0.4) is 0 Å². The van der Waals surface area contributed by atoms with E-state index >= 15 is 0 Å². The van der Waals surface area contributed by atoms with Crippen LogP contribution in [0, 0.1) is 5.82 Å². The number of carbonyl (C=O) groups excluding carboxylic acids is 1. The molecular weight excluding hydrogens is 603 g/mol. The van der Waals surface area contributed by atoms with Gasteiger partial charge in [-0.25, -0.2) is 9.18 Å². The first-order valence-corrected chi connectivity index (χ1v) is 16.6. The van der Waals surface area contributed by atoms with Crippen molar-refractivity contribution >= 4 is 5.97 Å². The molecule has 0 bridgehead atoms. The fourth-order valence-electron chi connectivity index (χ4n) is 5.78. The van der Waals surface area contributed by atoms with Gasteiger partial charge in [-0.2, -0.15) is 0 Å². The Balaban J connectivity index is 1.27. The fourth-order valence-corrected chi connectivity index (χ4v) is 5.78.